The molecule has 3 N–H and O–H groups in total. The molecule has 210 valence electrons. The van der Waals surface area contributed by atoms with Crippen LogP contribution in [0.3, 0.4) is 0 Å². The van der Waals surface area contributed by atoms with E-state index in [1.165, 1.54) is 30.9 Å². The van der Waals surface area contributed by atoms with Gasteiger partial charge in [0.15, 0.2) is 12.3 Å². The van der Waals surface area contributed by atoms with Crippen molar-refractivity contribution in [2.24, 2.45) is 0 Å². The molecule has 0 aromatic carbocycles. The Morgan fingerprint density at radius 3 is 2.51 bits per heavy atom. The van der Waals surface area contributed by atoms with Crippen LogP contribution in [0.15, 0.2) is 18.2 Å². The van der Waals surface area contributed by atoms with E-state index in [0.717, 1.165) is 6.07 Å². The number of anilines is 2. The molecule has 4 heterocycles. The average Bonchev–Trinajstić information content (AvgIpc) is 3.21. The summed E-state index contributed by atoms with van der Waals surface area (Å²) in [4.78, 5) is 17.6. The first-order chi connectivity index (χ1) is 18.2. The number of hydrogen-bond acceptors (Lipinski definition) is 7. The standard InChI is InChI=1S/C22H21F7N8O2/c1-10-3-13(34-35-18(10)17-11(2)33-36-19(17)22(27,28)29)6-30-20(38)31-12-4-15(37-8-21(25,26)9-37)32-16(5-12)39-7-14(23)24/h3-5,14H,6-9H2,1-2H3,(H,33,36)(H2,30,31,32,38). The van der Waals surface area contributed by atoms with Gasteiger partial charge in [-0.05, 0) is 25.5 Å². The summed E-state index contributed by atoms with van der Waals surface area (Å²) in [6.07, 6.45) is -7.52. The number of carbonyl (C=O) groups is 1. The van der Waals surface area contributed by atoms with Gasteiger partial charge in [0.1, 0.15) is 5.82 Å². The summed E-state index contributed by atoms with van der Waals surface area (Å²) in [6, 6.07) is 3.08. The van der Waals surface area contributed by atoms with Gasteiger partial charge < -0.3 is 20.3 Å². The molecule has 0 unspecified atom stereocenters. The molecule has 39 heavy (non-hydrogen) atoms. The Labute approximate surface area is 216 Å². The summed E-state index contributed by atoms with van der Waals surface area (Å²) >= 11 is 0. The van der Waals surface area contributed by atoms with Gasteiger partial charge in [0.2, 0.25) is 5.88 Å². The van der Waals surface area contributed by atoms with E-state index in [-0.39, 0.29) is 46.6 Å². The highest BCUT2D eigenvalue weighted by Crippen LogP contribution is 2.37. The van der Waals surface area contributed by atoms with Crippen molar-refractivity contribution in [3.8, 4) is 17.1 Å². The first-order valence-corrected chi connectivity index (χ1v) is 11.3. The number of carbonyl (C=O) groups excluding carboxylic acids is 1. The monoisotopic (exact) mass is 562 g/mol. The van der Waals surface area contributed by atoms with Crippen molar-refractivity contribution >= 4 is 17.5 Å². The van der Waals surface area contributed by atoms with Crippen LogP contribution in [-0.2, 0) is 12.7 Å². The van der Waals surface area contributed by atoms with Crippen LogP contribution in [-0.4, -0.2) is 63.5 Å². The van der Waals surface area contributed by atoms with Gasteiger partial charge in [-0.3, -0.25) is 5.10 Å². The average molecular weight is 562 g/mol. The second-order valence-corrected chi connectivity index (χ2v) is 8.71. The van der Waals surface area contributed by atoms with Crippen molar-refractivity contribution < 1.29 is 40.3 Å². The number of alkyl halides is 7. The van der Waals surface area contributed by atoms with Crippen molar-refractivity contribution in [1.29, 1.82) is 0 Å². The SMILES string of the molecule is Cc1cc(CNC(=O)Nc2cc(OCC(F)F)nc(N3CC(F)(F)C3)c2)nnc1-c1c(C(F)(F)F)n[nH]c1C. The third-order valence-corrected chi connectivity index (χ3v) is 5.49. The van der Waals surface area contributed by atoms with Crippen LogP contribution in [0, 0.1) is 13.8 Å². The summed E-state index contributed by atoms with van der Waals surface area (Å²) in [6.45, 7) is 0.497. The molecule has 0 saturated carbocycles. The molecule has 0 aliphatic carbocycles. The molecule has 1 aliphatic rings. The van der Waals surface area contributed by atoms with Crippen LogP contribution in [0.2, 0.25) is 0 Å². The normalized spacial score (nSPS) is 14.8. The first-order valence-electron chi connectivity index (χ1n) is 11.3. The van der Waals surface area contributed by atoms with Crippen LogP contribution in [0.1, 0.15) is 22.6 Å². The van der Waals surface area contributed by atoms with Gasteiger partial charge in [-0.15, -0.1) is 5.10 Å². The number of H-pyrrole nitrogens is 1. The van der Waals surface area contributed by atoms with Crippen molar-refractivity contribution in [2.75, 3.05) is 29.9 Å². The number of halogens is 7. The second-order valence-electron chi connectivity index (χ2n) is 8.71. The molecule has 1 aliphatic heterocycles. The second kappa shape index (κ2) is 10.5. The Kier molecular flexibility index (Phi) is 7.52. The zero-order chi connectivity index (χ0) is 28.5. The zero-order valence-corrected chi connectivity index (χ0v) is 20.3. The van der Waals surface area contributed by atoms with Crippen molar-refractivity contribution in [2.45, 2.75) is 38.9 Å². The highest BCUT2D eigenvalue weighted by Gasteiger charge is 2.44. The number of rotatable bonds is 8. The maximum Gasteiger partial charge on any atom is 0.435 e. The third kappa shape index (κ3) is 6.64. The number of pyridine rings is 1. The predicted molar refractivity (Wildman–Crippen MR) is 123 cm³/mol. The minimum absolute atomic E-state index is 0.00663. The molecule has 0 radical (unpaired) electrons. The van der Waals surface area contributed by atoms with Crippen LogP contribution in [0.25, 0.3) is 11.3 Å². The quantitative estimate of drug-likeness (QED) is 0.350. The summed E-state index contributed by atoms with van der Waals surface area (Å²) in [5.74, 6) is -3.23. The zero-order valence-electron chi connectivity index (χ0n) is 20.3. The summed E-state index contributed by atoms with van der Waals surface area (Å²) in [7, 11) is 0. The third-order valence-electron chi connectivity index (χ3n) is 5.49. The van der Waals surface area contributed by atoms with Gasteiger partial charge in [0.25, 0.3) is 12.3 Å². The molecular formula is C22H21F7N8O2. The summed E-state index contributed by atoms with van der Waals surface area (Å²) < 4.78 is 96.5. The smallest absolute Gasteiger partial charge is 0.435 e. The first kappa shape index (κ1) is 27.8. The van der Waals surface area contributed by atoms with Crippen molar-refractivity contribution in [1.82, 2.24) is 30.7 Å². The molecule has 0 spiro atoms. The number of hydrogen-bond donors (Lipinski definition) is 3. The fraction of sp³-hybridized carbons (Fsp3) is 0.409. The van der Waals surface area contributed by atoms with Crippen LogP contribution in [0.5, 0.6) is 5.88 Å². The van der Waals surface area contributed by atoms with E-state index in [1.807, 2.05) is 0 Å². The molecule has 4 rings (SSSR count). The summed E-state index contributed by atoms with van der Waals surface area (Å²) in [5, 5.41) is 18.3. The van der Waals surface area contributed by atoms with Gasteiger partial charge in [0, 0.05) is 17.8 Å². The minimum atomic E-state index is -4.71. The molecule has 3 aromatic heterocycles. The predicted octanol–water partition coefficient (Wildman–Crippen LogP) is 4.32. The van der Waals surface area contributed by atoms with E-state index >= 15 is 0 Å². The number of urea groups is 1. The Morgan fingerprint density at radius 2 is 1.90 bits per heavy atom. The van der Waals surface area contributed by atoms with Crippen molar-refractivity contribution in [3.63, 3.8) is 0 Å². The highest BCUT2D eigenvalue weighted by molar-refractivity contribution is 5.89. The fourth-order valence-electron chi connectivity index (χ4n) is 3.77. The number of nitrogens with zero attached hydrogens (tertiary/aromatic N) is 5. The molecule has 17 heteroatoms. The van der Waals surface area contributed by atoms with E-state index < -0.39 is 49.9 Å². The number of aromatic amines is 1. The maximum atomic E-state index is 13.3. The molecule has 2 amide bonds. The highest BCUT2D eigenvalue weighted by atomic mass is 19.4. The molecule has 3 aromatic rings. The van der Waals surface area contributed by atoms with Gasteiger partial charge in [-0.1, -0.05) is 0 Å². The number of aryl methyl sites for hydroxylation is 2. The van der Waals surface area contributed by atoms with E-state index in [0.29, 0.717) is 5.56 Å². The number of ether oxygens (including phenoxy) is 1. The topological polar surface area (TPSA) is 121 Å². The van der Waals surface area contributed by atoms with E-state index in [9.17, 15) is 35.5 Å². The van der Waals surface area contributed by atoms with E-state index in [2.05, 4.69) is 36.0 Å². The van der Waals surface area contributed by atoms with E-state index in [4.69, 9.17) is 4.74 Å². The number of nitrogens with one attached hydrogen (secondary N) is 3. The van der Waals surface area contributed by atoms with Crippen LogP contribution >= 0.6 is 0 Å². The van der Waals surface area contributed by atoms with Gasteiger partial charge in [-0.2, -0.15) is 28.4 Å². The maximum absolute atomic E-state index is 13.3. The molecule has 0 atom stereocenters. The lowest BCUT2D eigenvalue weighted by Crippen LogP contribution is -2.56. The molecular weight excluding hydrogens is 541 g/mol. The fourth-order valence-corrected chi connectivity index (χ4v) is 3.77. The molecule has 0 bridgehead atoms. The number of amides is 2. The lowest BCUT2D eigenvalue weighted by molar-refractivity contribution is -0.140. The summed E-state index contributed by atoms with van der Waals surface area (Å²) in [5.41, 5.74) is -0.631. The molecule has 1 fully saturated rings. The lowest BCUT2D eigenvalue weighted by atomic mass is 10.0. The molecule has 10 nitrogen and oxygen atoms in total. The molecule has 1 saturated heterocycles. The van der Waals surface area contributed by atoms with E-state index in [1.54, 1.807) is 0 Å². The Balaban J connectivity index is 1.44. The van der Waals surface area contributed by atoms with Crippen LogP contribution < -0.4 is 20.3 Å². The lowest BCUT2D eigenvalue weighted by Gasteiger charge is -2.39. The number of aromatic nitrogens is 5. The van der Waals surface area contributed by atoms with Gasteiger partial charge >= 0.3 is 12.2 Å². The Morgan fingerprint density at radius 1 is 1.18 bits per heavy atom. The van der Waals surface area contributed by atoms with Crippen molar-refractivity contribution in [3.05, 3.63) is 40.8 Å². The van der Waals surface area contributed by atoms with Crippen LogP contribution in [0.4, 0.5) is 47.0 Å². The largest absolute Gasteiger partial charge is 0.471 e. The van der Waals surface area contributed by atoms with Gasteiger partial charge in [0.05, 0.1) is 42.3 Å². The minimum Gasteiger partial charge on any atom is -0.471 e. The van der Waals surface area contributed by atoms with Gasteiger partial charge in [-0.25, -0.2) is 22.4 Å². The Hall–Kier alpha value is -4.18. The Bertz CT molecular complexity index is 1350.